The van der Waals surface area contributed by atoms with Crippen LogP contribution in [0.5, 0.6) is 0 Å². The molecule has 2 amide bonds. The fourth-order valence-corrected chi connectivity index (χ4v) is 7.00. The molecule has 190 valence electrons. The Bertz CT molecular complexity index is 1280. The molecule has 1 saturated heterocycles. The number of rotatable bonds is 4. The van der Waals surface area contributed by atoms with E-state index in [0.29, 0.717) is 5.56 Å². The van der Waals surface area contributed by atoms with Gasteiger partial charge >= 0.3 is 0 Å². The molecule has 1 saturated carbocycles. The second-order valence-electron chi connectivity index (χ2n) is 11.1. The normalized spacial score (nSPS) is 28.5. The molecule has 37 heavy (non-hydrogen) atoms. The van der Waals surface area contributed by atoms with Gasteiger partial charge in [-0.25, -0.2) is 0 Å². The van der Waals surface area contributed by atoms with E-state index in [2.05, 4.69) is 77.1 Å². The van der Waals surface area contributed by atoms with Crippen molar-refractivity contribution in [1.82, 2.24) is 10.2 Å². The number of carbonyl (C=O) groups is 2. The zero-order valence-corrected chi connectivity index (χ0v) is 21.4. The molecule has 2 N–H and O–H groups in total. The lowest BCUT2D eigenvalue weighted by Gasteiger charge is -2.48. The van der Waals surface area contributed by atoms with Crippen LogP contribution in [0.25, 0.3) is 0 Å². The van der Waals surface area contributed by atoms with E-state index in [1.54, 1.807) is 0 Å². The number of amides is 2. The standard InChI is InChI=1S/C32H35N3O2/c1-32-20-21-35(29(32)24-16-8-10-18-26(24)33-28(32)22-12-4-2-5-13-22)31(37)25-17-9-11-19-27(25)34-30(36)23-14-6-3-7-15-23/h2-8,10,12-16,18,25,27-29,33H,9,11,17,19-21H2,1H3,(H,34,36)/t25-,27?,28-,29-,32?/m0/s1. The number of nitrogens with zero attached hydrogens (tertiary/aromatic N) is 1. The number of hydrogen-bond donors (Lipinski definition) is 2. The zero-order chi connectivity index (χ0) is 25.4. The fourth-order valence-electron chi connectivity index (χ4n) is 7.00. The number of nitrogens with one attached hydrogen (secondary N) is 2. The van der Waals surface area contributed by atoms with Crippen molar-refractivity contribution in [2.75, 3.05) is 11.9 Å². The highest BCUT2D eigenvalue weighted by atomic mass is 16.2. The minimum Gasteiger partial charge on any atom is -0.377 e. The number of benzene rings is 3. The Morgan fingerprint density at radius 2 is 1.57 bits per heavy atom. The van der Waals surface area contributed by atoms with Crippen LogP contribution in [0.4, 0.5) is 5.69 Å². The molecule has 3 aromatic carbocycles. The quantitative estimate of drug-likeness (QED) is 0.460. The van der Waals surface area contributed by atoms with Crippen LogP contribution in [-0.2, 0) is 4.79 Å². The van der Waals surface area contributed by atoms with Crippen molar-refractivity contribution < 1.29 is 9.59 Å². The van der Waals surface area contributed by atoms with Crippen LogP contribution in [0, 0.1) is 11.3 Å². The lowest BCUT2D eigenvalue weighted by Crippen LogP contribution is -2.51. The Kier molecular flexibility index (Phi) is 6.23. The van der Waals surface area contributed by atoms with E-state index >= 15 is 0 Å². The van der Waals surface area contributed by atoms with Gasteiger partial charge in [-0.05, 0) is 48.6 Å². The van der Waals surface area contributed by atoms with E-state index in [9.17, 15) is 9.59 Å². The van der Waals surface area contributed by atoms with E-state index < -0.39 is 0 Å². The summed E-state index contributed by atoms with van der Waals surface area (Å²) in [4.78, 5) is 29.5. The summed E-state index contributed by atoms with van der Waals surface area (Å²) in [5, 5.41) is 7.05. The van der Waals surface area contributed by atoms with Crippen LogP contribution >= 0.6 is 0 Å². The smallest absolute Gasteiger partial charge is 0.251 e. The number of carbonyl (C=O) groups excluding carboxylic acids is 2. The molecule has 5 heteroatoms. The summed E-state index contributed by atoms with van der Waals surface area (Å²) >= 11 is 0. The lowest BCUT2D eigenvalue weighted by molar-refractivity contribution is -0.139. The second kappa shape index (κ2) is 9.70. The van der Waals surface area contributed by atoms with Crippen molar-refractivity contribution in [2.24, 2.45) is 11.3 Å². The molecule has 5 atom stereocenters. The molecule has 0 aromatic heterocycles. The topological polar surface area (TPSA) is 61.4 Å². The average molecular weight is 494 g/mol. The van der Waals surface area contributed by atoms with Crippen LogP contribution in [0.2, 0.25) is 0 Å². The maximum absolute atomic E-state index is 14.3. The van der Waals surface area contributed by atoms with Gasteiger partial charge in [-0.1, -0.05) is 86.5 Å². The summed E-state index contributed by atoms with van der Waals surface area (Å²) in [6.45, 7) is 3.07. The Balaban J connectivity index is 1.31. The predicted molar refractivity (Wildman–Crippen MR) is 146 cm³/mol. The van der Waals surface area contributed by atoms with Gasteiger partial charge in [0.1, 0.15) is 0 Å². The molecule has 3 aliphatic rings. The van der Waals surface area contributed by atoms with Crippen molar-refractivity contribution >= 4 is 17.5 Å². The lowest BCUT2D eigenvalue weighted by atomic mass is 9.68. The summed E-state index contributed by atoms with van der Waals surface area (Å²) in [6, 6.07) is 28.4. The largest absolute Gasteiger partial charge is 0.377 e. The number of para-hydroxylation sites is 1. The Morgan fingerprint density at radius 3 is 2.35 bits per heavy atom. The van der Waals surface area contributed by atoms with Gasteiger partial charge in [-0.3, -0.25) is 9.59 Å². The highest BCUT2D eigenvalue weighted by molar-refractivity contribution is 5.95. The molecular formula is C32H35N3O2. The molecule has 0 bridgehead atoms. The van der Waals surface area contributed by atoms with Crippen LogP contribution in [0.15, 0.2) is 84.9 Å². The van der Waals surface area contributed by atoms with Gasteiger partial charge in [0.05, 0.1) is 18.0 Å². The highest BCUT2D eigenvalue weighted by Crippen LogP contribution is 2.59. The second-order valence-corrected chi connectivity index (χ2v) is 11.1. The van der Waals surface area contributed by atoms with Crippen LogP contribution in [0.1, 0.15) is 72.6 Å². The minimum absolute atomic E-state index is 0.00458. The van der Waals surface area contributed by atoms with Gasteiger partial charge in [-0.2, -0.15) is 0 Å². The van der Waals surface area contributed by atoms with Gasteiger partial charge in [0.2, 0.25) is 5.91 Å². The highest BCUT2D eigenvalue weighted by Gasteiger charge is 2.55. The third-order valence-electron chi connectivity index (χ3n) is 8.89. The van der Waals surface area contributed by atoms with Crippen molar-refractivity contribution in [3.63, 3.8) is 0 Å². The van der Waals surface area contributed by atoms with Crippen molar-refractivity contribution in [3.05, 3.63) is 102 Å². The average Bonchev–Trinajstić information content (AvgIpc) is 3.32. The van der Waals surface area contributed by atoms with Crippen LogP contribution in [0.3, 0.4) is 0 Å². The van der Waals surface area contributed by atoms with Crippen LogP contribution in [-0.4, -0.2) is 29.3 Å². The molecule has 1 aliphatic carbocycles. The first-order chi connectivity index (χ1) is 18.1. The number of likely N-dealkylation sites (tertiary alicyclic amines) is 1. The van der Waals surface area contributed by atoms with Gasteiger partial charge in [0.15, 0.2) is 0 Å². The molecule has 5 nitrogen and oxygen atoms in total. The minimum atomic E-state index is -0.194. The molecule has 2 unspecified atom stereocenters. The van der Waals surface area contributed by atoms with Gasteiger partial charge < -0.3 is 15.5 Å². The molecule has 2 fully saturated rings. The summed E-state index contributed by atoms with van der Waals surface area (Å²) in [6.07, 6.45) is 4.65. The first-order valence-electron chi connectivity index (χ1n) is 13.6. The molecule has 2 heterocycles. The maximum Gasteiger partial charge on any atom is 0.251 e. The maximum atomic E-state index is 14.3. The van der Waals surface area contributed by atoms with Gasteiger partial charge in [0.25, 0.3) is 5.91 Å². The van der Waals surface area contributed by atoms with Gasteiger partial charge in [0, 0.05) is 29.3 Å². The third-order valence-corrected chi connectivity index (χ3v) is 8.89. The molecule has 3 aromatic rings. The Morgan fingerprint density at radius 1 is 0.892 bits per heavy atom. The van der Waals surface area contributed by atoms with E-state index in [-0.39, 0.29) is 41.3 Å². The Hall–Kier alpha value is -3.60. The summed E-state index contributed by atoms with van der Waals surface area (Å²) in [5.41, 5.74) is 4.07. The zero-order valence-electron chi connectivity index (χ0n) is 21.4. The van der Waals surface area contributed by atoms with E-state index in [0.717, 1.165) is 44.3 Å². The summed E-state index contributed by atoms with van der Waals surface area (Å²) < 4.78 is 0. The molecular weight excluding hydrogens is 458 g/mol. The third kappa shape index (κ3) is 4.20. The Labute approximate surface area is 219 Å². The number of anilines is 1. The fraction of sp³-hybridized carbons (Fsp3) is 0.375. The van der Waals surface area contributed by atoms with E-state index in [1.807, 2.05) is 30.3 Å². The van der Waals surface area contributed by atoms with E-state index in [4.69, 9.17) is 0 Å². The SMILES string of the molecule is CC12CCN(C(=O)[C@H]3CCCCC3NC(=O)c3ccccc3)[C@H]1c1ccccc1N[C@H]2c1ccccc1. The number of fused-ring (bicyclic) bond motifs is 3. The first-order valence-corrected chi connectivity index (χ1v) is 13.6. The monoisotopic (exact) mass is 493 g/mol. The van der Waals surface area contributed by atoms with Gasteiger partial charge in [-0.15, -0.1) is 0 Å². The number of hydrogen-bond acceptors (Lipinski definition) is 3. The molecule has 2 aliphatic heterocycles. The van der Waals surface area contributed by atoms with Crippen molar-refractivity contribution in [1.29, 1.82) is 0 Å². The molecule has 0 spiro atoms. The predicted octanol–water partition coefficient (Wildman–Crippen LogP) is 6.12. The van der Waals surface area contributed by atoms with Crippen molar-refractivity contribution in [2.45, 2.75) is 57.2 Å². The first kappa shape index (κ1) is 23.8. The van der Waals surface area contributed by atoms with Crippen LogP contribution < -0.4 is 10.6 Å². The van der Waals surface area contributed by atoms with E-state index in [1.165, 1.54) is 11.1 Å². The molecule has 6 rings (SSSR count). The van der Waals surface area contributed by atoms with Crippen molar-refractivity contribution in [3.8, 4) is 0 Å². The summed E-state index contributed by atoms with van der Waals surface area (Å²) in [7, 11) is 0. The summed E-state index contributed by atoms with van der Waals surface area (Å²) in [5.74, 6) is -0.0933. The molecule has 0 radical (unpaired) electrons.